The van der Waals surface area contributed by atoms with Crippen LogP contribution in [0.15, 0.2) is 22.3 Å². The first-order chi connectivity index (χ1) is 8.59. The van der Waals surface area contributed by atoms with Crippen molar-refractivity contribution in [3.05, 3.63) is 22.3 Å². The molecule has 0 aliphatic heterocycles. The van der Waals surface area contributed by atoms with Gasteiger partial charge in [0, 0.05) is 0 Å². The van der Waals surface area contributed by atoms with Crippen LogP contribution in [0.2, 0.25) is 0 Å². The predicted octanol–water partition coefficient (Wildman–Crippen LogP) is 1.20. The number of carbonyl (C=O) groups is 2. The maximum absolute atomic E-state index is 11.9. The molecule has 0 saturated heterocycles. The summed E-state index contributed by atoms with van der Waals surface area (Å²) in [6, 6.07) is 0. The van der Waals surface area contributed by atoms with Crippen LogP contribution in [0.4, 0.5) is 0 Å². The molecule has 0 bridgehead atoms. The van der Waals surface area contributed by atoms with E-state index >= 15 is 0 Å². The molecule has 0 heterocycles. The molecule has 0 radical (unpaired) electrons. The van der Waals surface area contributed by atoms with Crippen molar-refractivity contribution in [2.24, 2.45) is 0 Å². The zero-order valence-corrected chi connectivity index (χ0v) is 11.6. The average molecular weight is 268 g/mol. The number of Topliss-reactive ketones (excluding diaryl/α,β-unsaturated/α-hetero) is 1. The quantitative estimate of drug-likeness (QED) is 0.712. The third-order valence-electron chi connectivity index (χ3n) is 3.84. The van der Waals surface area contributed by atoms with Crippen LogP contribution in [-0.4, -0.2) is 38.8 Å². The van der Waals surface area contributed by atoms with Gasteiger partial charge in [0.25, 0.3) is 0 Å². The zero-order valence-electron chi connectivity index (χ0n) is 11.6. The van der Waals surface area contributed by atoms with Crippen molar-refractivity contribution in [2.75, 3.05) is 0 Å². The second-order valence-corrected chi connectivity index (χ2v) is 5.27. The maximum atomic E-state index is 11.9. The smallest absolute Gasteiger partial charge is 0.335 e. The number of carbonyl (C=O) groups excluding carboxylic acids is 1. The normalized spacial score (nSPS) is 23.7. The highest BCUT2D eigenvalue weighted by molar-refractivity contribution is 6.09. The summed E-state index contributed by atoms with van der Waals surface area (Å²) >= 11 is 0. The number of aliphatic carboxylic acids is 1. The number of hydrogen-bond acceptors (Lipinski definition) is 4. The molecule has 3 N–H and O–H groups in total. The third kappa shape index (κ3) is 2.93. The molecule has 19 heavy (non-hydrogen) atoms. The lowest BCUT2D eigenvalue weighted by molar-refractivity contribution is -0.157. The first-order valence-corrected chi connectivity index (χ1v) is 6.15. The highest BCUT2D eigenvalue weighted by atomic mass is 16.4. The van der Waals surface area contributed by atoms with Crippen molar-refractivity contribution in [2.45, 2.75) is 52.2 Å². The van der Waals surface area contributed by atoms with Gasteiger partial charge in [0.1, 0.15) is 0 Å². The first-order valence-electron chi connectivity index (χ1n) is 6.15. The van der Waals surface area contributed by atoms with E-state index in [2.05, 4.69) is 0 Å². The van der Waals surface area contributed by atoms with Crippen molar-refractivity contribution in [3.63, 3.8) is 0 Å². The number of aliphatic hydroxyl groups is 2. The van der Waals surface area contributed by atoms with Gasteiger partial charge in [0.05, 0.1) is 6.10 Å². The van der Waals surface area contributed by atoms with Gasteiger partial charge in [-0.2, -0.15) is 0 Å². The van der Waals surface area contributed by atoms with Crippen LogP contribution in [0, 0.1) is 0 Å². The van der Waals surface area contributed by atoms with Crippen LogP contribution in [-0.2, 0) is 9.59 Å². The van der Waals surface area contributed by atoms with Crippen LogP contribution >= 0.6 is 0 Å². The van der Waals surface area contributed by atoms with Crippen LogP contribution in [0.25, 0.3) is 0 Å². The Labute approximate surface area is 112 Å². The first kappa shape index (κ1) is 15.6. The molecule has 0 saturated carbocycles. The number of aliphatic hydroxyl groups excluding tert-OH is 1. The Balaban J connectivity index is 2.96. The Kier molecular flexibility index (Phi) is 4.32. The van der Waals surface area contributed by atoms with Gasteiger partial charge in [0.2, 0.25) is 0 Å². The molecule has 0 spiro atoms. The van der Waals surface area contributed by atoms with Crippen molar-refractivity contribution in [3.8, 4) is 0 Å². The van der Waals surface area contributed by atoms with E-state index in [4.69, 9.17) is 5.11 Å². The van der Waals surface area contributed by atoms with E-state index in [9.17, 15) is 19.8 Å². The largest absolute Gasteiger partial charge is 0.479 e. The van der Waals surface area contributed by atoms with Crippen LogP contribution in [0.3, 0.4) is 0 Å². The highest BCUT2D eigenvalue weighted by Gasteiger charge is 2.33. The summed E-state index contributed by atoms with van der Waals surface area (Å²) in [5.74, 6) is -1.45. The minimum Gasteiger partial charge on any atom is -0.479 e. The Morgan fingerprint density at radius 1 is 1.26 bits per heavy atom. The summed E-state index contributed by atoms with van der Waals surface area (Å²) in [7, 11) is 0. The lowest BCUT2D eigenvalue weighted by Crippen LogP contribution is -2.35. The lowest BCUT2D eigenvalue weighted by atomic mass is 9.81. The van der Waals surface area contributed by atoms with E-state index in [1.165, 1.54) is 6.92 Å². The number of allylic oxidation sites excluding steroid dienone is 2. The summed E-state index contributed by atoms with van der Waals surface area (Å²) in [6.07, 6.45) is -0.753. The zero-order chi connectivity index (χ0) is 15.0. The van der Waals surface area contributed by atoms with E-state index in [1.54, 1.807) is 20.8 Å². The fraction of sp³-hybridized carbons (Fsp3) is 0.571. The summed E-state index contributed by atoms with van der Waals surface area (Å²) in [4.78, 5) is 22.8. The summed E-state index contributed by atoms with van der Waals surface area (Å²) in [5.41, 5.74) is 0.186. The molecule has 2 unspecified atom stereocenters. The van der Waals surface area contributed by atoms with E-state index in [1.807, 2.05) is 0 Å². The highest BCUT2D eigenvalue weighted by Crippen LogP contribution is 2.31. The maximum Gasteiger partial charge on any atom is 0.335 e. The van der Waals surface area contributed by atoms with Crippen LogP contribution in [0.1, 0.15) is 40.5 Å². The Morgan fingerprint density at radius 3 is 2.26 bits per heavy atom. The minimum atomic E-state index is -1.86. The summed E-state index contributed by atoms with van der Waals surface area (Å²) < 4.78 is 0. The molecule has 0 aromatic rings. The Bertz CT molecular complexity index is 482. The summed E-state index contributed by atoms with van der Waals surface area (Å²) in [6.45, 7) is 6.16. The van der Waals surface area contributed by atoms with Gasteiger partial charge in [-0.25, -0.2) is 4.79 Å². The number of rotatable bonds is 4. The van der Waals surface area contributed by atoms with E-state index in [0.29, 0.717) is 22.3 Å². The van der Waals surface area contributed by atoms with Gasteiger partial charge in [-0.05, 0) is 62.8 Å². The van der Waals surface area contributed by atoms with Crippen LogP contribution in [0.5, 0.6) is 0 Å². The monoisotopic (exact) mass is 268 g/mol. The molecule has 1 aliphatic rings. The van der Waals surface area contributed by atoms with Crippen molar-refractivity contribution in [1.29, 1.82) is 0 Å². The van der Waals surface area contributed by atoms with Gasteiger partial charge in [-0.3, -0.25) is 4.79 Å². The topological polar surface area (TPSA) is 94.8 Å². The molecule has 2 atom stereocenters. The minimum absolute atomic E-state index is 0.0499. The number of hydrogen-bond donors (Lipinski definition) is 3. The van der Waals surface area contributed by atoms with Gasteiger partial charge in [-0.15, -0.1) is 0 Å². The molecule has 0 aromatic carbocycles. The average Bonchev–Trinajstić information content (AvgIpc) is 2.33. The van der Waals surface area contributed by atoms with Crippen LogP contribution < -0.4 is 0 Å². The second-order valence-electron chi connectivity index (χ2n) is 5.27. The van der Waals surface area contributed by atoms with Gasteiger partial charge in [-0.1, -0.05) is 0 Å². The van der Waals surface area contributed by atoms with Crippen molar-refractivity contribution in [1.82, 2.24) is 0 Å². The number of carboxylic acids is 1. The van der Waals surface area contributed by atoms with E-state index in [-0.39, 0.29) is 18.6 Å². The van der Waals surface area contributed by atoms with Gasteiger partial charge < -0.3 is 15.3 Å². The van der Waals surface area contributed by atoms with Crippen molar-refractivity contribution < 1.29 is 24.9 Å². The summed E-state index contributed by atoms with van der Waals surface area (Å²) in [5, 5.41) is 28.7. The molecular weight excluding hydrogens is 248 g/mol. The molecule has 1 aliphatic carbocycles. The lowest BCUT2D eigenvalue weighted by Gasteiger charge is -2.27. The van der Waals surface area contributed by atoms with Crippen molar-refractivity contribution >= 4 is 11.8 Å². The molecule has 0 aromatic heterocycles. The standard InChI is InChI=1S/C14H20O5/c1-7-8(2)12(16)10(9(3)11(7)15)5-6-14(4,19)13(17)18/h12,16,19H,5-6H2,1-4H3,(H,17,18). The van der Waals surface area contributed by atoms with Gasteiger partial charge in [0.15, 0.2) is 11.4 Å². The predicted molar refractivity (Wildman–Crippen MR) is 69.6 cm³/mol. The second kappa shape index (κ2) is 5.27. The molecule has 0 amide bonds. The fourth-order valence-corrected chi connectivity index (χ4v) is 2.09. The molecule has 5 heteroatoms. The van der Waals surface area contributed by atoms with E-state index in [0.717, 1.165) is 0 Å². The fourth-order valence-electron chi connectivity index (χ4n) is 2.09. The Morgan fingerprint density at radius 2 is 1.79 bits per heavy atom. The number of ketones is 1. The molecular formula is C14H20O5. The SMILES string of the molecule is CC1=C(C)C(O)C(CCC(C)(O)C(=O)O)=C(C)C1=O. The molecule has 5 nitrogen and oxygen atoms in total. The number of carboxylic acid groups (broad SMARTS) is 1. The molecule has 1 rings (SSSR count). The molecule has 0 fully saturated rings. The Hall–Kier alpha value is -1.46. The van der Waals surface area contributed by atoms with Gasteiger partial charge >= 0.3 is 5.97 Å². The molecule has 106 valence electrons. The third-order valence-corrected chi connectivity index (χ3v) is 3.84. The van der Waals surface area contributed by atoms with E-state index < -0.39 is 17.7 Å².